The van der Waals surface area contributed by atoms with E-state index in [0.717, 1.165) is 11.3 Å². The molecule has 1 aliphatic rings. The molecule has 0 aliphatic carbocycles. The van der Waals surface area contributed by atoms with Gasteiger partial charge in [-0.05, 0) is 29.8 Å². The fourth-order valence-electron chi connectivity index (χ4n) is 2.42. The van der Waals surface area contributed by atoms with Gasteiger partial charge in [0, 0.05) is 5.69 Å². The van der Waals surface area contributed by atoms with Gasteiger partial charge in [-0.25, -0.2) is 0 Å². The fourth-order valence-corrected chi connectivity index (χ4v) is 2.42. The molecular formula is C16H14N2O3. The Morgan fingerprint density at radius 3 is 2.38 bits per heavy atom. The van der Waals surface area contributed by atoms with E-state index in [1.165, 1.54) is 4.90 Å². The summed E-state index contributed by atoms with van der Waals surface area (Å²) in [6.45, 7) is 0.218. The van der Waals surface area contributed by atoms with E-state index in [0.29, 0.717) is 16.8 Å². The van der Waals surface area contributed by atoms with Crippen LogP contribution in [-0.2, 0) is 6.54 Å². The van der Waals surface area contributed by atoms with E-state index in [4.69, 9.17) is 10.5 Å². The van der Waals surface area contributed by atoms with Crippen LogP contribution in [0.25, 0.3) is 0 Å². The second-order valence-corrected chi connectivity index (χ2v) is 4.81. The molecule has 5 heteroatoms. The summed E-state index contributed by atoms with van der Waals surface area (Å²) in [5.74, 6) is 0.0763. The van der Waals surface area contributed by atoms with E-state index < -0.39 is 0 Å². The summed E-state index contributed by atoms with van der Waals surface area (Å²) in [7, 11) is 1.59. The molecule has 0 saturated heterocycles. The average molecular weight is 282 g/mol. The molecule has 1 heterocycles. The van der Waals surface area contributed by atoms with Crippen LogP contribution in [0.3, 0.4) is 0 Å². The molecule has 0 bridgehead atoms. The van der Waals surface area contributed by atoms with Crippen molar-refractivity contribution in [1.29, 1.82) is 0 Å². The number of rotatable bonds is 3. The molecule has 0 radical (unpaired) electrons. The maximum atomic E-state index is 12.4. The Labute approximate surface area is 121 Å². The predicted molar refractivity (Wildman–Crippen MR) is 78.1 cm³/mol. The lowest BCUT2D eigenvalue weighted by Gasteiger charge is -2.14. The van der Waals surface area contributed by atoms with Gasteiger partial charge in [-0.1, -0.05) is 18.2 Å². The van der Waals surface area contributed by atoms with Crippen LogP contribution < -0.4 is 10.5 Å². The van der Waals surface area contributed by atoms with Crippen molar-refractivity contribution in [3.63, 3.8) is 0 Å². The minimum Gasteiger partial charge on any atom is -0.497 e. The number of carbonyl (C=O) groups is 2. The SMILES string of the molecule is COc1ccc(CN2C(=O)c3cccc(N)c3C2=O)cc1. The van der Waals surface area contributed by atoms with E-state index in [-0.39, 0.29) is 18.4 Å². The van der Waals surface area contributed by atoms with E-state index in [9.17, 15) is 9.59 Å². The molecule has 2 N–H and O–H groups in total. The number of ether oxygens (including phenoxy) is 1. The van der Waals surface area contributed by atoms with Crippen LogP contribution in [0.5, 0.6) is 5.75 Å². The van der Waals surface area contributed by atoms with Crippen LogP contribution in [0.1, 0.15) is 26.3 Å². The third kappa shape index (κ3) is 2.12. The highest BCUT2D eigenvalue weighted by Crippen LogP contribution is 2.28. The number of carbonyl (C=O) groups excluding carboxylic acids is 2. The molecule has 106 valence electrons. The van der Waals surface area contributed by atoms with Gasteiger partial charge in [-0.3, -0.25) is 14.5 Å². The second-order valence-electron chi connectivity index (χ2n) is 4.81. The Kier molecular flexibility index (Phi) is 3.10. The van der Waals surface area contributed by atoms with Crippen LogP contribution in [0.15, 0.2) is 42.5 Å². The van der Waals surface area contributed by atoms with Gasteiger partial charge in [0.2, 0.25) is 0 Å². The smallest absolute Gasteiger partial charge is 0.263 e. The van der Waals surface area contributed by atoms with Gasteiger partial charge in [0.25, 0.3) is 11.8 Å². The van der Waals surface area contributed by atoms with Gasteiger partial charge in [-0.2, -0.15) is 0 Å². The van der Waals surface area contributed by atoms with Crippen molar-refractivity contribution in [2.75, 3.05) is 12.8 Å². The van der Waals surface area contributed by atoms with E-state index >= 15 is 0 Å². The quantitative estimate of drug-likeness (QED) is 0.691. The summed E-state index contributed by atoms with van der Waals surface area (Å²) >= 11 is 0. The number of hydrogen-bond acceptors (Lipinski definition) is 4. The van der Waals surface area contributed by atoms with Crippen LogP contribution >= 0.6 is 0 Å². The molecule has 21 heavy (non-hydrogen) atoms. The molecule has 0 saturated carbocycles. The minimum absolute atomic E-state index is 0.218. The number of nitrogens with zero attached hydrogens (tertiary/aromatic N) is 1. The lowest BCUT2D eigenvalue weighted by Crippen LogP contribution is -2.29. The number of nitrogen functional groups attached to an aromatic ring is 1. The number of imide groups is 1. The zero-order valence-corrected chi connectivity index (χ0v) is 11.5. The highest BCUT2D eigenvalue weighted by molar-refractivity contribution is 6.23. The monoisotopic (exact) mass is 282 g/mol. The summed E-state index contributed by atoms with van der Waals surface area (Å²) in [6.07, 6.45) is 0. The van der Waals surface area contributed by atoms with Crippen molar-refractivity contribution in [2.45, 2.75) is 6.54 Å². The maximum Gasteiger partial charge on any atom is 0.263 e. The summed E-state index contributed by atoms with van der Waals surface area (Å²) in [6, 6.07) is 12.2. The zero-order valence-electron chi connectivity index (χ0n) is 11.5. The van der Waals surface area contributed by atoms with E-state index in [1.807, 2.05) is 12.1 Å². The van der Waals surface area contributed by atoms with Crippen molar-refractivity contribution in [1.82, 2.24) is 4.90 Å². The molecule has 2 amide bonds. The largest absolute Gasteiger partial charge is 0.497 e. The molecule has 3 rings (SSSR count). The van der Waals surface area contributed by atoms with Crippen LogP contribution in [0, 0.1) is 0 Å². The number of nitrogens with two attached hydrogens (primary N) is 1. The maximum absolute atomic E-state index is 12.4. The number of hydrogen-bond donors (Lipinski definition) is 1. The van der Waals surface area contributed by atoms with Crippen LogP contribution in [0.2, 0.25) is 0 Å². The van der Waals surface area contributed by atoms with E-state index in [1.54, 1.807) is 37.4 Å². The Balaban J connectivity index is 1.89. The number of methoxy groups -OCH3 is 1. The molecule has 0 aromatic heterocycles. The van der Waals surface area contributed by atoms with Gasteiger partial charge in [0.05, 0.1) is 24.8 Å². The summed E-state index contributed by atoms with van der Waals surface area (Å²) in [5, 5.41) is 0. The standard InChI is InChI=1S/C16H14N2O3/c1-21-11-7-5-10(6-8-11)9-18-15(19)12-3-2-4-13(17)14(12)16(18)20/h2-8H,9,17H2,1H3. The first kappa shape index (κ1) is 13.2. The predicted octanol–water partition coefficient (Wildman–Crippen LogP) is 2.07. The number of benzene rings is 2. The van der Waals surface area contributed by atoms with Gasteiger partial charge >= 0.3 is 0 Å². The Morgan fingerprint density at radius 2 is 1.76 bits per heavy atom. The third-order valence-electron chi connectivity index (χ3n) is 3.53. The Morgan fingerprint density at radius 1 is 1.05 bits per heavy atom. The third-order valence-corrected chi connectivity index (χ3v) is 3.53. The first-order chi connectivity index (χ1) is 10.1. The van der Waals surface area contributed by atoms with E-state index in [2.05, 4.69) is 0 Å². The average Bonchev–Trinajstić information content (AvgIpc) is 2.74. The number of amides is 2. The topological polar surface area (TPSA) is 72.6 Å². The highest BCUT2D eigenvalue weighted by atomic mass is 16.5. The van der Waals surface area contributed by atoms with Crippen molar-refractivity contribution < 1.29 is 14.3 Å². The van der Waals surface area contributed by atoms with Gasteiger partial charge in [0.1, 0.15) is 5.75 Å². The fraction of sp³-hybridized carbons (Fsp3) is 0.125. The molecular weight excluding hydrogens is 268 g/mol. The molecule has 2 aromatic rings. The van der Waals surface area contributed by atoms with Crippen molar-refractivity contribution in [2.24, 2.45) is 0 Å². The Bertz CT molecular complexity index is 723. The van der Waals surface area contributed by atoms with Gasteiger partial charge in [0.15, 0.2) is 0 Å². The minimum atomic E-state index is -0.344. The Hall–Kier alpha value is -2.82. The van der Waals surface area contributed by atoms with Crippen molar-refractivity contribution in [3.8, 4) is 5.75 Å². The molecule has 0 fully saturated rings. The molecule has 0 atom stereocenters. The normalized spacial score (nSPS) is 13.5. The lowest BCUT2D eigenvalue weighted by molar-refractivity contribution is 0.0642. The summed E-state index contributed by atoms with van der Waals surface area (Å²) < 4.78 is 5.08. The summed E-state index contributed by atoms with van der Waals surface area (Å²) in [4.78, 5) is 25.9. The lowest BCUT2D eigenvalue weighted by atomic mass is 10.1. The molecule has 1 aliphatic heterocycles. The first-order valence-corrected chi connectivity index (χ1v) is 6.49. The van der Waals surface area contributed by atoms with Crippen molar-refractivity contribution >= 4 is 17.5 Å². The van der Waals surface area contributed by atoms with Crippen LogP contribution in [0.4, 0.5) is 5.69 Å². The highest BCUT2D eigenvalue weighted by Gasteiger charge is 2.36. The second kappa shape index (κ2) is 4.94. The zero-order chi connectivity index (χ0) is 15.0. The molecule has 2 aromatic carbocycles. The van der Waals surface area contributed by atoms with Crippen molar-refractivity contribution in [3.05, 3.63) is 59.2 Å². The van der Waals surface area contributed by atoms with Gasteiger partial charge < -0.3 is 10.5 Å². The number of fused-ring (bicyclic) bond motifs is 1. The molecule has 5 nitrogen and oxygen atoms in total. The number of anilines is 1. The van der Waals surface area contributed by atoms with Gasteiger partial charge in [-0.15, -0.1) is 0 Å². The summed E-state index contributed by atoms with van der Waals surface area (Å²) in [5.41, 5.74) is 7.66. The first-order valence-electron chi connectivity index (χ1n) is 6.49. The van der Waals surface area contributed by atoms with Crippen LogP contribution in [-0.4, -0.2) is 23.8 Å². The molecule has 0 unspecified atom stereocenters. The molecule has 0 spiro atoms.